The molecule has 6 N–H and O–H groups in total. The second kappa shape index (κ2) is 11.9. The molecule has 0 spiro atoms. The lowest BCUT2D eigenvalue weighted by Gasteiger charge is -2.30. The van der Waals surface area contributed by atoms with Crippen molar-refractivity contribution in [2.45, 2.75) is 69.4 Å². The van der Waals surface area contributed by atoms with Gasteiger partial charge in [-0.3, -0.25) is 14.4 Å². The highest BCUT2D eigenvalue weighted by molar-refractivity contribution is 5.88. The van der Waals surface area contributed by atoms with E-state index < -0.39 is 71.6 Å². The maximum Gasteiger partial charge on any atom is 0.422 e. The van der Waals surface area contributed by atoms with E-state index in [2.05, 4.69) is 10.6 Å². The highest BCUT2D eigenvalue weighted by Gasteiger charge is 2.56. The van der Waals surface area contributed by atoms with Crippen molar-refractivity contribution in [1.82, 2.24) is 10.6 Å². The second-order valence-electron chi connectivity index (χ2n) is 9.60. The first kappa shape index (κ1) is 30.0. The van der Waals surface area contributed by atoms with Gasteiger partial charge in [-0.15, -0.1) is 0 Å². The lowest BCUT2D eigenvalue weighted by atomic mass is 9.87. The van der Waals surface area contributed by atoms with Gasteiger partial charge in [0.05, 0.1) is 25.6 Å². The summed E-state index contributed by atoms with van der Waals surface area (Å²) in [4.78, 5) is 48.4. The molecule has 0 saturated carbocycles. The van der Waals surface area contributed by atoms with Gasteiger partial charge in [0.2, 0.25) is 11.8 Å². The number of amides is 2. The van der Waals surface area contributed by atoms with E-state index in [1.807, 2.05) is 13.8 Å². The maximum absolute atomic E-state index is 13.6. The van der Waals surface area contributed by atoms with Gasteiger partial charge in [-0.05, 0) is 36.3 Å². The zero-order chi connectivity index (χ0) is 28.1. The Bertz CT molecular complexity index is 1020. The van der Waals surface area contributed by atoms with Crippen LogP contribution in [0.15, 0.2) is 24.3 Å². The minimum Gasteiger partial charge on any atom is -0.481 e. The predicted molar refractivity (Wildman–Crippen MR) is 124 cm³/mol. The van der Waals surface area contributed by atoms with Crippen molar-refractivity contribution in [2.75, 3.05) is 7.11 Å². The summed E-state index contributed by atoms with van der Waals surface area (Å²) in [7, 11) is 1.12. The van der Waals surface area contributed by atoms with Crippen LogP contribution in [-0.4, -0.2) is 59.3 Å². The van der Waals surface area contributed by atoms with E-state index in [-0.39, 0.29) is 24.3 Å². The van der Waals surface area contributed by atoms with Crippen LogP contribution in [0, 0.1) is 11.8 Å². The largest absolute Gasteiger partial charge is 0.481 e. The summed E-state index contributed by atoms with van der Waals surface area (Å²) >= 11 is 0. The van der Waals surface area contributed by atoms with Crippen LogP contribution in [0.25, 0.3) is 0 Å². The number of methoxy groups -OCH3 is 1. The first-order chi connectivity index (χ1) is 17.1. The molecule has 0 bridgehead atoms. The topological polar surface area (TPSA) is 168 Å². The van der Waals surface area contributed by atoms with Crippen molar-refractivity contribution >= 4 is 23.8 Å². The summed E-state index contributed by atoms with van der Waals surface area (Å²) in [5, 5.41) is 24.3. The number of carbonyl (C=O) groups is 4. The maximum atomic E-state index is 13.6. The van der Waals surface area contributed by atoms with E-state index in [0.717, 1.165) is 19.2 Å². The fourth-order valence-corrected chi connectivity index (χ4v) is 4.29. The number of hydrogen-bond donors (Lipinski definition) is 5. The molecular weight excluding hydrogens is 499 g/mol. The number of aliphatic carboxylic acids is 1. The molecule has 1 heterocycles. The van der Waals surface area contributed by atoms with Gasteiger partial charge in [0, 0.05) is 5.92 Å². The Balaban J connectivity index is 2.23. The molecule has 13 heteroatoms. The van der Waals surface area contributed by atoms with E-state index >= 15 is 0 Å². The number of nitrogens with two attached hydrogens (primary N) is 1. The first-order valence-corrected chi connectivity index (χ1v) is 11.6. The highest BCUT2D eigenvalue weighted by atomic mass is 19.4. The van der Waals surface area contributed by atoms with Crippen molar-refractivity contribution in [3.8, 4) is 0 Å². The number of aliphatic hydroxyl groups is 1. The Kier molecular flexibility index (Phi) is 9.66. The Hall–Kier alpha value is -3.19. The van der Waals surface area contributed by atoms with Gasteiger partial charge in [-0.25, -0.2) is 4.79 Å². The Labute approximate surface area is 211 Å². The molecule has 2 unspecified atom stereocenters. The van der Waals surface area contributed by atoms with Crippen molar-refractivity contribution in [1.29, 1.82) is 0 Å². The first-order valence-electron chi connectivity index (χ1n) is 11.6. The number of carboxylic acids is 1. The van der Waals surface area contributed by atoms with Crippen LogP contribution in [-0.2, 0) is 29.5 Å². The molecule has 1 saturated heterocycles. The second-order valence-corrected chi connectivity index (χ2v) is 9.60. The standard InChI is InChI=1S/C24H32F3N3O7/c1-12(2)7-16(28)21(34)30-18(22(35)37-3)10-14-9-17(29-20(14)33)13-5-4-6-15(8-13)23(36,11-19(31)32)24(25,26)27/h4-6,8,12,14,16-18,36H,7,9-11,28H2,1-3H3,(H,29,33)(H,30,34)(H,31,32)/t14-,16-,17?,18-,23?/m0/s1. The van der Waals surface area contributed by atoms with Gasteiger partial charge in [-0.2, -0.15) is 13.2 Å². The van der Waals surface area contributed by atoms with Crippen LogP contribution in [0.1, 0.15) is 56.7 Å². The van der Waals surface area contributed by atoms with E-state index in [9.17, 15) is 37.5 Å². The third-order valence-electron chi connectivity index (χ3n) is 6.23. The Morgan fingerprint density at radius 1 is 1.27 bits per heavy atom. The van der Waals surface area contributed by atoms with Crippen LogP contribution < -0.4 is 16.4 Å². The molecule has 0 radical (unpaired) electrons. The number of hydrogen-bond acceptors (Lipinski definition) is 7. The number of carboxylic acid groups (broad SMARTS) is 1. The molecule has 1 fully saturated rings. The van der Waals surface area contributed by atoms with Gasteiger partial charge >= 0.3 is 18.1 Å². The van der Waals surface area contributed by atoms with E-state index in [1.165, 1.54) is 12.1 Å². The summed E-state index contributed by atoms with van der Waals surface area (Å²) in [5.41, 5.74) is 1.76. The van der Waals surface area contributed by atoms with Crippen molar-refractivity contribution in [3.05, 3.63) is 35.4 Å². The quantitative estimate of drug-likeness (QED) is 0.268. The van der Waals surface area contributed by atoms with Gasteiger partial charge in [0.1, 0.15) is 6.04 Å². The van der Waals surface area contributed by atoms with E-state index in [1.54, 1.807) is 0 Å². The molecule has 37 heavy (non-hydrogen) atoms. The molecule has 2 rings (SSSR count). The summed E-state index contributed by atoms with van der Waals surface area (Å²) in [6, 6.07) is 1.76. The SMILES string of the molecule is COC(=O)[C@H](C[C@@H]1CC(c2cccc(C(O)(CC(=O)O)C(F)(F)F)c2)NC1=O)NC(=O)[C@@H](N)CC(C)C. The number of rotatable bonds is 11. The molecule has 1 aliphatic heterocycles. The van der Waals surface area contributed by atoms with Crippen LogP contribution in [0.2, 0.25) is 0 Å². The zero-order valence-corrected chi connectivity index (χ0v) is 20.7. The van der Waals surface area contributed by atoms with Crippen molar-refractivity contribution in [3.63, 3.8) is 0 Å². The zero-order valence-electron chi connectivity index (χ0n) is 20.7. The van der Waals surface area contributed by atoms with E-state index in [0.29, 0.717) is 6.42 Å². The number of nitrogens with one attached hydrogen (secondary N) is 2. The van der Waals surface area contributed by atoms with Gasteiger partial charge in [0.25, 0.3) is 0 Å². The number of esters is 1. The van der Waals surface area contributed by atoms with Gasteiger partial charge in [-0.1, -0.05) is 38.1 Å². The van der Waals surface area contributed by atoms with Crippen molar-refractivity contribution < 1.29 is 47.3 Å². The minimum absolute atomic E-state index is 0.0626. The highest BCUT2D eigenvalue weighted by Crippen LogP contribution is 2.43. The van der Waals surface area contributed by atoms with Crippen LogP contribution in [0.4, 0.5) is 13.2 Å². The number of alkyl halides is 3. The van der Waals surface area contributed by atoms with E-state index in [4.69, 9.17) is 15.6 Å². The summed E-state index contributed by atoms with van der Waals surface area (Å²) < 4.78 is 45.5. The molecule has 0 aromatic heterocycles. The number of halogens is 3. The number of ether oxygens (including phenoxy) is 1. The van der Waals surface area contributed by atoms with Crippen LogP contribution in [0.5, 0.6) is 0 Å². The smallest absolute Gasteiger partial charge is 0.422 e. The van der Waals surface area contributed by atoms with Gasteiger partial charge in [0.15, 0.2) is 5.60 Å². The summed E-state index contributed by atoms with van der Waals surface area (Å²) in [6.45, 7) is 3.75. The third-order valence-corrected chi connectivity index (χ3v) is 6.23. The molecule has 206 valence electrons. The third kappa shape index (κ3) is 7.41. The normalized spacial score (nSPS) is 21.1. The Morgan fingerprint density at radius 3 is 2.46 bits per heavy atom. The molecular formula is C24H32F3N3O7. The molecule has 5 atom stereocenters. The van der Waals surface area contributed by atoms with Crippen LogP contribution in [0.3, 0.4) is 0 Å². The summed E-state index contributed by atoms with van der Waals surface area (Å²) in [5.74, 6) is -4.39. The van der Waals surface area contributed by atoms with Crippen LogP contribution >= 0.6 is 0 Å². The summed E-state index contributed by atoms with van der Waals surface area (Å²) in [6.07, 6.45) is -6.57. The molecule has 0 aliphatic carbocycles. The molecule has 1 aliphatic rings. The molecule has 1 aromatic rings. The lowest BCUT2D eigenvalue weighted by molar-refractivity contribution is -0.269. The van der Waals surface area contributed by atoms with Gasteiger partial charge < -0.3 is 31.3 Å². The fraction of sp³-hybridized carbons (Fsp3) is 0.583. The predicted octanol–water partition coefficient (Wildman–Crippen LogP) is 1.51. The fourth-order valence-electron chi connectivity index (χ4n) is 4.29. The lowest BCUT2D eigenvalue weighted by Crippen LogP contribution is -2.50. The average molecular weight is 532 g/mol. The number of benzene rings is 1. The monoisotopic (exact) mass is 531 g/mol. The molecule has 2 amide bonds. The minimum atomic E-state index is -5.27. The Morgan fingerprint density at radius 2 is 1.92 bits per heavy atom. The molecule has 1 aromatic carbocycles. The van der Waals surface area contributed by atoms with Crippen molar-refractivity contribution in [2.24, 2.45) is 17.6 Å². The average Bonchev–Trinajstić information content (AvgIpc) is 3.16. The number of carbonyl (C=O) groups excluding carboxylic acids is 3. The molecule has 10 nitrogen and oxygen atoms in total.